The number of fused-ring (bicyclic) bond motifs is 1. The van der Waals surface area contributed by atoms with Gasteiger partial charge in [-0.2, -0.15) is 13.2 Å². The smallest absolute Gasteiger partial charge is 0.450 e. The molecule has 1 saturated carbocycles. The zero-order valence-electron chi connectivity index (χ0n) is 19.9. The van der Waals surface area contributed by atoms with Crippen molar-refractivity contribution >= 4 is 11.0 Å². The molecule has 1 atom stereocenters. The Bertz CT molecular complexity index is 1280. The minimum atomic E-state index is -4.94. The van der Waals surface area contributed by atoms with E-state index in [0.29, 0.717) is 11.8 Å². The molecule has 2 N–H and O–H groups in total. The van der Waals surface area contributed by atoms with Gasteiger partial charge in [0.25, 0.3) is 0 Å². The van der Waals surface area contributed by atoms with E-state index in [-0.39, 0.29) is 40.1 Å². The molecular formula is C26H29F3NO5+. The summed E-state index contributed by atoms with van der Waals surface area (Å²) in [6.07, 6.45) is 0.459. The monoisotopic (exact) mass is 492 g/mol. The standard InChI is InChI=1S/C26H28F3NO5/c1-30(16-7-5-4-6-8-16)14-18-19(31)11-10-17-23(32)22(25(26(27,28)29)35-24(17)18)15-9-12-20(33-2)21(13-15)34-3/h9-13,16,31H,4-8,14H2,1-3H3/p+1. The number of aromatic hydroxyl groups is 1. The van der Waals surface area contributed by atoms with Gasteiger partial charge in [-0.1, -0.05) is 12.5 Å². The highest BCUT2D eigenvalue weighted by Gasteiger charge is 2.40. The molecular weight excluding hydrogens is 463 g/mol. The minimum absolute atomic E-state index is 0.00908. The number of rotatable bonds is 6. The third-order valence-electron chi connectivity index (χ3n) is 6.83. The van der Waals surface area contributed by atoms with Gasteiger partial charge >= 0.3 is 6.18 Å². The Morgan fingerprint density at radius 3 is 2.37 bits per heavy atom. The average molecular weight is 493 g/mol. The van der Waals surface area contributed by atoms with E-state index in [4.69, 9.17) is 13.9 Å². The number of hydrogen-bond acceptors (Lipinski definition) is 5. The van der Waals surface area contributed by atoms with Crippen LogP contribution in [-0.4, -0.2) is 32.4 Å². The molecule has 1 fully saturated rings. The van der Waals surface area contributed by atoms with Gasteiger partial charge in [0.15, 0.2) is 17.1 Å². The van der Waals surface area contributed by atoms with Crippen LogP contribution in [0, 0.1) is 0 Å². The zero-order valence-corrected chi connectivity index (χ0v) is 19.9. The predicted octanol–water partition coefficient (Wildman–Crippen LogP) is 4.55. The molecule has 2 aromatic carbocycles. The SMILES string of the molecule is COc1ccc(-c2c(C(F)(F)F)oc3c(C[NH+](C)C4CCCCC4)c(O)ccc3c2=O)cc1OC. The number of phenolic OH excluding ortho intramolecular Hbond substituents is 1. The number of hydrogen-bond donors (Lipinski definition) is 2. The lowest BCUT2D eigenvalue weighted by molar-refractivity contribution is -0.921. The van der Waals surface area contributed by atoms with Crippen LogP contribution in [0.15, 0.2) is 39.5 Å². The van der Waals surface area contributed by atoms with Crippen molar-refractivity contribution in [1.82, 2.24) is 0 Å². The van der Waals surface area contributed by atoms with E-state index >= 15 is 0 Å². The molecule has 0 aliphatic heterocycles. The second-order valence-electron chi connectivity index (χ2n) is 9.00. The van der Waals surface area contributed by atoms with Crippen molar-refractivity contribution in [3.8, 4) is 28.4 Å². The highest BCUT2D eigenvalue weighted by atomic mass is 19.4. The number of alkyl halides is 3. The fraction of sp³-hybridized carbons (Fsp3) is 0.423. The molecule has 0 bridgehead atoms. The van der Waals surface area contributed by atoms with Crippen LogP contribution in [0.25, 0.3) is 22.1 Å². The van der Waals surface area contributed by atoms with E-state index in [1.54, 1.807) is 0 Å². The third kappa shape index (κ3) is 4.82. The molecule has 6 nitrogen and oxygen atoms in total. The minimum Gasteiger partial charge on any atom is -0.507 e. The predicted molar refractivity (Wildman–Crippen MR) is 125 cm³/mol. The maximum absolute atomic E-state index is 14.2. The van der Waals surface area contributed by atoms with Gasteiger partial charge in [-0.3, -0.25) is 4.79 Å². The third-order valence-corrected chi connectivity index (χ3v) is 6.83. The summed E-state index contributed by atoms with van der Waals surface area (Å²) in [5, 5.41) is 10.5. The van der Waals surface area contributed by atoms with Crippen LogP contribution < -0.4 is 19.8 Å². The van der Waals surface area contributed by atoms with E-state index in [1.165, 1.54) is 51.0 Å². The van der Waals surface area contributed by atoms with Gasteiger partial charge in [-0.25, -0.2) is 0 Å². The maximum atomic E-state index is 14.2. The molecule has 0 amide bonds. The van der Waals surface area contributed by atoms with E-state index in [1.807, 2.05) is 7.05 Å². The molecule has 3 aromatic rings. The van der Waals surface area contributed by atoms with Crippen molar-refractivity contribution in [2.24, 2.45) is 0 Å². The number of nitrogens with one attached hydrogen (secondary N) is 1. The molecule has 1 aromatic heterocycles. The molecule has 9 heteroatoms. The maximum Gasteiger partial charge on any atom is 0.450 e. The second kappa shape index (κ2) is 9.81. The van der Waals surface area contributed by atoms with Gasteiger partial charge in [0.1, 0.15) is 12.3 Å². The van der Waals surface area contributed by atoms with Crippen molar-refractivity contribution in [1.29, 1.82) is 0 Å². The lowest BCUT2D eigenvalue weighted by Gasteiger charge is -2.28. The Kier molecular flexibility index (Phi) is 6.98. The van der Waals surface area contributed by atoms with E-state index in [2.05, 4.69) is 0 Å². The summed E-state index contributed by atoms with van der Waals surface area (Å²) in [7, 11) is 4.72. The highest BCUT2D eigenvalue weighted by Crippen LogP contribution is 2.41. The van der Waals surface area contributed by atoms with Crippen molar-refractivity contribution in [2.45, 2.75) is 50.9 Å². The summed E-state index contributed by atoms with van der Waals surface area (Å²) < 4.78 is 58.4. The van der Waals surface area contributed by atoms with Gasteiger partial charge in [0, 0.05) is 0 Å². The molecule has 1 aliphatic carbocycles. The molecule has 0 radical (unpaired) electrons. The summed E-state index contributed by atoms with van der Waals surface area (Å²) in [6.45, 7) is 0.240. The van der Waals surface area contributed by atoms with Gasteiger partial charge < -0.3 is 23.9 Å². The Balaban J connectivity index is 1.91. The molecule has 4 rings (SSSR count). The van der Waals surface area contributed by atoms with Crippen LogP contribution in [0.5, 0.6) is 17.2 Å². The van der Waals surface area contributed by atoms with Crippen molar-refractivity contribution in [3.05, 3.63) is 51.9 Å². The second-order valence-corrected chi connectivity index (χ2v) is 9.00. The number of halogens is 3. The fourth-order valence-electron chi connectivity index (χ4n) is 4.95. The first-order valence-electron chi connectivity index (χ1n) is 11.6. The Hall–Kier alpha value is -3.20. The van der Waals surface area contributed by atoms with Crippen molar-refractivity contribution in [3.63, 3.8) is 0 Å². The number of quaternary nitrogens is 1. The van der Waals surface area contributed by atoms with Crippen LogP contribution in [-0.2, 0) is 12.7 Å². The summed E-state index contributed by atoms with van der Waals surface area (Å²) in [5.41, 5.74) is -1.49. The van der Waals surface area contributed by atoms with Crippen LogP contribution in [0.3, 0.4) is 0 Å². The summed E-state index contributed by atoms with van der Waals surface area (Å²) in [5.74, 6) is -1.11. The molecule has 1 unspecified atom stereocenters. The summed E-state index contributed by atoms with van der Waals surface area (Å²) in [6, 6.07) is 7.08. The normalized spacial score (nSPS) is 15.8. The quantitative estimate of drug-likeness (QED) is 0.528. The van der Waals surface area contributed by atoms with E-state index in [0.717, 1.165) is 30.6 Å². The van der Waals surface area contributed by atoms with Crippen LogP contribution in [0.2, 0.25) is 0 Å². The van der Waals surface area contributed by atoms with E-state index in [9.17, 15) is 23.1 Å². The largest absolute Gasteiger partial charge is 0.507 e. The number of phenols is 1. The van der Waals surface area contributed by atoms with E-state index < -0.39 is 22.9 Å². The number of methoxy groups -OCH3 is 2. The van der Waals surface area contributed by atoms with Crippen molar-refractivity contribution < 1.29 is 37.1 Å². The Morgan fingerprint density at radius 2 is 1.74 bits per heavy atom. The molecule has 1 aliphatic rings. The lowest BCUT2D eigenvalue weighted by atomic mass is 9.94. The first kappa shape index (κ1) is 24.9. The zero-order chi connectivity index (χ0) is 25.3. The van der Waals surface area contributed by atoms with Gasteiger partial charge in [0.05, 0.1) is 43.8 Å². The van der Waals surface area contributed by atoms with Gasteiger partial charge in [0.2, 0.25) is 11.2 Å². The molecule has 0 spiro atoms. The fourth-order valence-corrected chi connectivity index (χ4v) is 4.95. The van der Waals surface area contributed by atoms with Crippen LogP contribution in [0.1, 0.15) is 43.4 Å². The average Bonchev–Trinajstić information content (AvgIpc) is 2.85. The van der Waals surface area contributed by atoms with Crippen LogP contribution in [0.4, 0.5) is 13.2 Å². The van der Waals surface area contributed by atoms with Gasteiger partial charge in [-0.15, -0.1) is 0 Å². The first-order valence-corrected chi connectivity index (χ1v) is 11.6. The first-order chi connectivity index (χ1) is 16.7. The summed E-state index contributed by atoms with van der Waals surface area (Å²) >= 11 is 0. The van der Waals surface area contributed by atoms with Crippen molar-refractivity contribution in [2.75, 3.05) is 21.3 Å². The van der Waals surface area contributed by atoms with Gasteiger partial charge in [-0.05, 0) is 55.5 Å². The number of ether oxygens (including phenoxy) is 2. The molecule has 188 valence electrons. The Labute approximate surface area is 200 Å². The molecule has 35 heavy (non-hydrogen) atoms. The molecule has 1 heterocycles. The van der Waals surface area contributed by atoms with Crippen LogP contribution >= 0.6 is 0 Å². The highest BCUT2D eigenvalue weighted by molar-refractivity contribution is 5.87. The Morgan fingerprint density at radius 1 is 1.06 bits per heavy atom. The topological polar surface area (TPSA) is 73.3 Å². The summed E-state index contributed by atoms with van der Waals surface area (Å²) in [4.78, 5) is 14.5. The molecule has 0 saturated heterocycles. The number of benzene rings is 2. The lowest BCUT2D eigenvalue weighted by Crippen LogP contribution is -3.11.